The van der Waals surface area contributed by atoms with Crippen LogP contribution in [0.3, 0.4) is 0 Å². The Balaban J connectivity index is 1.50. The van der Waals surface area contributed by atoms with E-state index in [4.69, 9.17) is 4.74 Å². The van der Waals surface area contributed by atoms with Gasteiger partial charge in [0.05, 0.1) is 12.5 Å². The van der Waals surface area contributed by atoms with E-state index in [-0.39, 0.29) is 18.4 Å². The van der Waals surface area contributed by atoms with Gasteiger partial charge in [-0.1, -0.05) is 38.1 Å². The van der Waals surface area contributed by atoms with Crippen LogP contribution in [-0.4, -0.2) is 44.9 Å². The quantitative estimate of drug-likeness (QED) is 0.643. The molecule has 0 saturated carbocycles. The van der Waals surface area contributed by atoms with E-state index in [1.807, 2.05) is 24.3 Å². The number of piperidine rings is 1. The van der Waals surface area contributed by atoms with Crippen LogP contribution in [0.2, 0.25) is 0 Å². The summed E-state index contributed by atoms with van der Waals surface area (Å²) < 4.78 is 33.0. The molecule has 0 radical (unpaired) electrons. The molecule has 0 aliphatic carbocycles. The summed E-state index contributed by atoms with van der Waals surface area (Å²) in [5.74, 6) is 0.750. The first-order valence-corrected chi connectivity index (χ1v) is 12.2. The third-order valence-electron chi connectivity index (χ3n) is 5.04. The Bertz CT molecular complexity index is 911. The summed E-state index contributed by atoms with van der Waals surface area (Å²) in [5, 5.41) is 4.64. The predicted molar refractivity (Wildman–Crippen MR) is 115 cm³/mol. The summed E-state index contributed by atoms with van der Waals surface area (Å²) in [4.78, 5) is 12.6. The molecule has 0 bridgehead atoms. The summed E-state index contributed by atoms with van der Waals surface area (Å²) in [6, 6.07) is 11.2. The SMILES string of the molecule is CC(C)c1ccccc1OCCNC(=O)[C@H]1CCCN(S(=O)(=O)c2cccs2)C1. The average Bonchev–Trinajstić information content (AvgIpc) is 3.27. The molecule has 8 heteroatoms. The van der Waals surface area contributed by atoms with Gasteiger partial charge in [-0.15, -0.1) is 11.3 Å². The molecule has 2 heterocycles. The second-order valence-electron chi connectivity index (χ2n) is 7.47. The topological polar surface area (TPSA) is 75.7 Å². The number of sulfonamides is 1. The van der Waals surface area contributed by atoms with Gasteiger partial charge in [-0.05, 0) is 41.8 Å². The Morgan fingerprint density at radius 3 is 2.79 bits per heavy atom. The van der Waals surface area contributed by atoms with Crippen molar-refractivity contribution in [2.24, 2.45) is 5.92 Å². The van der Waals surface area contributed by atoms with Crippen molar-refractivity contribution in [3.05, 3.63) is 47.3 Å². The maximum atomic E-state index is 12.7. The summed E-state index contributed by atoms with van der Waals surface area (Å²) in [6.07, 6.45) is 1.38. The number of carbonyl (C=O) groups excluding carboxylic acids is 1. The van der Waals surface area contributed by atoms with Crippen molar-refractivity contribution >= 4 is 27.3 Å². The number of hydrogen-bond donors (Lipinski definition) is 1. The van der Waals surface area contributed by atoms with E-state index in [9.17, 15) is 13.2 Å². The van der Waals surface area contributed by atoms with E-state index in [1.165, 1.54) is 15.6 Å². The van der Waals surface area contributed by atoms with Crippen LogP contribution in [0.5, 0.6) is 5.75 Å². The molecule has 29 heavy (non-hydrogen) atoms. The number of nitrogens with one attached hydrogen (secondary N) is 1. The van der Waals surface area contributed by atoms with Crippen LogP contribution in [0, 0.1) is 5.92 Å². The second-order valence-corrected chi connectivity index (χ2v) is 10.6. The summed E-state index contributed by atoms with van der Waals surface area (Å²) in [6.45, 7) is 5.67. The van der Waals surface area contributed by atoms with Crippen molar-refractivity contribution in [1.82, 2.24) is 9.62 Å². The van der Waals surface area contributed by atoms with E-state index in [0.29, 0.717) is 42.7 Å². The van der Waals surface area contributed by atoms with E-state index in [2.05, 4.69) is 19.2 Å². The summed E-state index contributed by atoms with van der Waals surface area (Å²) in [5.41, 5.74) is 1.14. The molecule has 1 atom stereocenters. The van der Waals surface area contributed by atoms with Gasteiger partial charge in [-0.25, -0.2) is 8.42 Å². The fourth-order valence-corrected chi connectivity index (χ4v) is 6.15. The highest BCUT2D eigenvalue weighted by molar-refractivity contribution is 7.91. The fraction of sp³-hybridized carbons (Fsp3) is 0.476. The van der Waals surface area contributed by atoms with Crippen molar-refractivity contribution in [3.8, 4) is 5.75 Å². The van der Waals surface area contributed by atoms with Gasteiger partial charge < -0.3 is 10.1 Å². The van der Waals surface area contributed by atoms with Crippen LogP contribution in [0.1, 0.15) is 38.2 Å². The maximum absolute atomic E-state index is 12.7. The minimum absolute atomic E-state index is 0.114. The highest BCUT2D eigenvalue weighted by Crippen LogP contribution is 2.27. The molecule has 1 aromatic carbocycles. The minimum Gasteiger partial charge on any atom is -0.491 e. The molecule has 1 fully saturated rings. The molecule has 3 rings (SSSR count). The zero-order valence-corrected chi connectivity index (χ0v) is 18.5. The first kappa shape index (κ1) is 21.8. The lowest BCUT2D eigenvalue weighted by atomic mass is 9.99. The van der Waals surface area contributed by atoms with Crippen molar-refractivity contribution in [2.75, 3.05) is 26.2 Å². The molecular formula is C21H28N2O4S2. The number of rotatable bonds is 8. The molecular weight excluding hydrogens is 408 g/mol. The molecule has 158 valence electrons. The highest BCUT2D eigenvalue weighted by atomic mass is 32.2. The number of amides is 1. The minimum atomic E-state index is -3.51. The predicted octanol–water partition coefficient (Wildman–Crippen LogP) is 3.47. The van der Waals surface area contributed by atoms with Gasteiger partial charge in [0.1, 0.15) is 16.6 Å². The molecule has 1 amide bonds. The number of carbonyl (C=O) groups is 1. The molecule has 1 N–H and O–H groups in total. The molecule has 1 saturated heterocycles. The lowest BCUT2D eigenvalue weighted by Gasteiger charge is -2.30. The first-order valence-electron chi connectivity index (χ1n) is 9.92. The molecule has 0 unspecified atom stereocenters. The normalized spacial score (nSPS) is 18.0. The molecule has 1 aliphatic heterocycles. The monoisotopic (exact) mass is 436 g/mol. The van der Waals surface area contributed by atoms with Crippen LogP contribution >= 0.6 is 11.3 Å². The second kappa shape index (κ2) is 9.73. The largest absolute Gasteiger partial charge is 0.491 e. The smallest absolute Gasteiger partial charge is 0.252 e. The first-order chi connectivity index (χ1) is 13.9. The van der Waals surface area contributed by atoms with Crippen molar-refractivity contribution in [3.63, 3.8) is 0 Å². The maximum Gasteiger partial charge on any atom is 0.252 e. The zero-order valence-electron chi connectivity index (χ0n) is 16.8. The standard InChI is InChI=1S/C21H28N2O4S2/c1-16(2)18-8-3-4-9-19(18)27-13-11-22-21(24)17-7-5-12-23(15-17)29(25,26)20-10-6-14-28-20/h3-4,6,8-10,14,16-17H,5,7,11-13,15H2,1-2H3,(H,22,24)/t17-/m0/s1. The van der Waals surface area contributed by atoms with Crippen LogP contribution in [-0.2, 0) is 14.8 Å². The van der Waals surface area contributed by atoms with E-state index in [0.717, 1.165) is 11.3 Å². The van der Waals surface area contributed by atoms with Crippen molar-refractivity contribution < 1.29 is 17.9 Å². The zero-order chi connectivity index (χ0) is 20.9. The van der Waals surface area contributed by atoms with Crippen LogP contribution < -0.4 is 10.1 Å². The average molecular weight is 437 g/mol. The number of nitrogens with zero attached hydrogens (tertiary/aromatic N) is 1. The van der Waals surface area contributed by atoms with Gasteiger partial charge in [-0.3, -0.25) is 4.79 Å². The van der Waals surface area contributed by atoms with Gasteiger partial charge in [0.15, 0.2) is 0 Å². The Labute approximate surface area is 176 Å². The molecule has 0 spiro atoms. The Morgan fingerprint density at radius 2 is 2.07 bits per heavy atom. The van der Waals surface area contributed by atoms with Crippen LogP contribution in [0.4, 0.5) is 0 Å². The number of benzene rings is 1. The van der Waals surface area contributed by atoms with Gasteiger partial charge >= 0.3 is 0 Å². The molecule has 1 aromatic heterocycles. The van der Waals surface area contributed by atoms with Gasteiger partial charge in [0.25, 0.3) is 10.0 Å². The Hall–Kier alpha value is -1.90. The van der Waals surface area contributed by atoms with E-state index < -0.39 is 10.0 Å². The van der Waals surface area contributed by atoms with Gasteiger partial charge in [0, 0.05) is 13.1 Å². The highest BCUT2D eigenvalue weighted by Gasteiger charge is 2.33. The fourth-order valence-electron chi connectivity index (χ4n) is 3.48. The molecule has 2 aromatic rings. The molecule has 1 aliphatic rings. The van der Waals surface area contributed by atoms with Crippen molar-refractivity contribution in [2.45, 2.75) is 36.8 Å². The molecule has 6 nitrogen and oxygen atoms in total. The van der Waals surface area contributed by atoms with E-state index in [1.54, 1.807) is 17.5 Å². The number of para-hydroxylation sites is 1. The van der Waals surface area contributed by atoms with Gasteiger partial charge in [0.2, 0.25) is 5.91 Å². The lowest BCUT2D eigenvalue weighted by molar-refractivity contribution is -0.126. The summed E-state index contributed by atoms with van der Waals surface area (Å²) >= 11 is 1.20. The van der Waals surface area contributed by atoms with Crippen LogP contribution in [0.15, 0.2) is 46.0 Å². The summed E-state index contributed by atoms with van der Waals surface area (Å²) in [7, 11) is -3.51. The van der Waals surface area contributed by atoms with E-state index >= 15 is 0 Å². The van der Waals surface area contributed by atoms with Crippen LogP contribution in [0.25, 0.3) is 0 Å². The van der Waals surface area contributed by atoms with Gasteiger partial charge in [-0.2, -0.15) is 4.31 Å². The third kappa shape index (κ3) is 5.38. The third-order valence-corrected chi connectivity index (χ3v) is 8.28. The Morgan fingerprint density at radius 1 is 1.28 bits per heavy atom. The number of thiophene rings is 1. The lowest BCUT2D eigenvalue weighted by Crippen LogP contribution is -2.45. The number of ether oxygens (including phenoxy) is 1. The Kier molecular flexibility index (Phi) is 7.32. The number of hydrogen-bond acceptors (Lipinski definition) is 5. The van der Waals surface area contributed by atoms with Crippen molar-refractivity contribution in [1.29, 1.82) is 0 Å².